The van der Waals surface area contributed by atoms with E-state index in [0.29, 0.717) is 17.9 Å². The Morgan fingerprint density at radius 3 is 2.24 bits per heavy atom. The number of benzene rings is 2. The maximum Gasteiger partial charge on any atom is 0.266 e. The maximum absolute atomic E-state index is 12.9. The molecule has 0 amide bonds. The molecule has 21 heavy (non-hydrogen) atoms. The normalized spacial score (nSPS) is 11.2. The monoisotopic (exact) mass is 304 g/mol. The molecule has 2 rings (SSSR count). The highest BCUT2D eigenvalue weighted by molar-refractivity contribution is 7.93. The number of hydrogen-bond donors (Lipinski definition) is 1. The highest BCUT2D eigenvalue weighted by Crippen LogP contribution is 2.28. The minimum Gasteiger partial charge on any atom is -0.387 e. The quantitative estimate of drug-likeness (QED) is 0.922. The Morgan fingerprint density at radius 2 is 1.67 bits per heavy atom. The van der Waals surface area contributed by atoms with Gasteiger partial charge in [0, 0.05) is 13.6 Å². The lowest BCUT2D eigenvalue weighted by molar-refractivity contribution is 0.592. The van der Waals surface area contributed by atoms with E-state index in [1.165, 1.54) is 4.31 Å². The van der Waals surface area contributed by atoms with Crippen molar-refractivity contribution in [3.8, 4) is 0 Å². The number of nitrogens with zero attached hydrogens (tertiary/aromatic N) is 1. The van der Waals surface area contributed by atoms with Crippen LogP contribution in [-0.4, -0.2) is 22.0 Å². The summed E-state index contributed by atoms with van der Waals surface area (Å²) in [5, 5.41) is 2.94. The molecule has 5 heteroatoms. The minimum atomic E-state index is -3.59. The standard InChI is InChI=1S/C16H20N2O2S/c1-4-18(14-11-9-13(2)10-12-14)21(19,20)16-8-6-5-7-15(16)17-3/h5-12,17H,4H2,1-3H3. The van der Waals surface area contributed by atoms with Gasteiger partial charge in [0.15, 0.2) is 0 Å². The first kappa shape index (κ1) is 15.4. The molecule has 0 aromatic heterocycles. The molecule has 0 spiro atoms. The van der Waals surface area contributed by atoms with E-state index < -0.39 is 10.0 Å². The van der Waals surface area contributed by atoms with Crippen molar-refractivity contribution in [2.24, 2.45) is 0 Å². The van der Waals surface area contributed by atoms with Gasteiger partial charge in [-0.3, -0.25) is 4.31 Å². The fourth-order valence-electron chi connectivity index (χ4n) is 2.22. The molecule has 0 heterocycles. The van der Waals surface area contributed by atoms with E-state index in [1.807, 2.05) is 44.2 Å². The van der Waals surface area contributed by atoms with E-state index in [4.69, 9.17) is 0 Å². The predicted molar refractivity (Wildman–Crippen MR) is 87.4 cm³/mol. The van der Waals surface area contributed by atoms with Gasteiger partial charge in [0.1, 0.15) is 4.90 Å². The van der Waals surface area contributed by atoms with Crippen LogP contribution in [0.5, 0.6) is 0 Å². The largest absolute Gasteiger partial charge is 0.387 e. The van der Waals surface area contributed by atoms with Crippen molar-refractivity contribution in [2.45, 2.75) is 18.7 Å². The molecule has 0 fully saturated rings. The van der Waals surface area contributed by atoms with Gasteiger partial charge in [0.2, 0.25) is 0 Å². The number of nitrogens with one attached hydrogen (secondary N) is 1. The van der Waals surface area contributed by atoms with Gasteiger partial charge in [0.25, 0.3) is 10.0 Å². The molecule has 0 radical (unpaired) electrons. The molecule has 0 aliphatic rings. The number of anilines is 2. The third-order valence-corrected chi connectivity index (χ3v) is 5.29. The number of aryl methyl sites for hydroxylation is 1. The van der Waals surface area contributed by atoms with Gasteiger partial charge in [0.05, 0.1) is 11.4 Å². The number of sulfonamides is 1. The second kappa shape index (κ2) is 6.18. The molecule has 2 aromatic rings. The van der Waals surface area contributed by atoms with Crippen molar-refractivity contribution in [3.63, 3.8) is 0 Å². The van der Waals surface area contributed by atoms with E-state index in [0.717, 1.165) is 5.56 Å². The zero-order valence-electron chi connectivity index (χ0n) is 12.5. The van der Waals surface area contributed by atoms with Crippen LogP contribution in [0.1, 0.15) is 12.5 Å². The van der Waals surface area contributed by atoms with Crippen molar-refractivity contribution in [1.82, 2.24) is 0 Å². The summed E-state index contributed by atoms with van der Waals surface area (Å²) in [5.41, 5.74) is 2.37. The van der Waals surface area contributed by atoms with Crippen LogP contribution in [0.2, 0.25) is 0 Å². The van der Waals surface area contributed by atoms with Gasteiger partial charge in [-0.05, 0) is 38.1 Å². The van der Waals surface area contributed by atoms with Crippen LogP contribution in [0.25, 0.3) is 0 Å². The zero-order chi connectivity index (χ0) is 15.5. The summed E-state index contributed by atoms with van der Waals surface area (Å²) in [6.45, 7) is 4.19. The van der Waals surface area contributed by atoms with E-state index >= 15 is 0 Å². The third-order valence-electron chi connectivity index (χ3n) is 3.33. The fourth-order valence-corrected chi connectivity index (χ4v) is 3.89. The minimum absolute atomic E-state index is 0.287. The first-order chi connectivity index (χ1) is 10.0. The van der Waals surface area contributed by atoms with Crippen LogP contribution < -0.4 is 9.62 Å². The van der Waals surface area contributed by atoms with E-state index in [-0.39, 0.29) is 4.90 Å². The van der Waals surface area contributed by atoms with Crippen molar-refractivity contribution >= 4 is 21.4 Å². The number of para-hydroxylation sites is 1. The lowest BCUT2D eigenvalue weighted by Gasteiger charge is -2.24. The van der Waals surface area contributed by atoms with Crippen LogP contribution >= 0.6 is 0 Å². The summed E-state index contributed by atoms with van der Waals surface area (Å²) < 4.78 is 27.2. The summed E-state index contributed by atoms with van der Waals surface area (Å²) in [7, 11) is -1.87. The Labute approximate surface area is 126 Å². The van der Waals surface area contributed by atoms with Crippen LogP contribution in [0.3, 0.4) is 0 Å². The van der Waals surface area contributed by atoms with Gasteiger partial charge in [-0.25, -0.2) is 8.42 Å². The number of hydrogen-bond acceptors (Lipinski definition) is 3. The highest BCUT2D eigenvalue weighted by atomic mass is 32.2. The molecular formula is C16H20N2O2S. The van der Waals surface area contributed by atoms with E-state index in [2.05, 4.69) is 5.32 Å². The second-order valence-electron chi connectivity index (χ2n) is 4.75. The van der Waals surface area contributed by atoms with Crippen LogP contribution in [0, 0.1) is 6.92 Å². The molecule has 0 unspecified atom stereocenters. The average Bonchev–Trinajstić information content (AvgIpc) is 2.49. The molecule has 0 saturated heterocycles. The molecule has 0 aliphatic heterocycles. The molecular weight excluding hydrogens is 284 g/mol. The second-order valence-corrected chi connectivity index (χ2v) is 6.58. The Kier molecular flexibility index (Phi) is 4.53. The van der Waals surface area contributed by atoms with Crippen LogP contribution in [-0.2, 0) is 10.0 Å². The lowest BCUT2D eigenvalue weighted by atomic mass is 10.2. The third kappa shape index (κ3) is 3.03. The van der Waals surface area contributed by atoms with Crippen molar-refractivity contribution in [1.29, 1.82) is 0 Å². The molecule has 4 nitrogen and oxygen atoms in total. The Bertz CT molecular complexity index is 709. The average molecular weight is 304 g/mol. The Hall–Kier alpha value is -2.01. The predicted octanol–water partition coefficient (Wildman–Crippen LogP) is 3.25. The summed E-state index contributed by atoms with van der Waals surface area (Å²) in [5.74, 6) is 0. The fraction of sp³-hybridized carbons (Fsp3) is 0.250. The van der Waals surface area contributed by atoms with Crippen molar-refractivity contribution in [3.05, 3.63) is 54.1 Å². The summed E-state index contributed by atoms with van der Waals surface area (Å²) in [6, 6.07) is 14.4. The van der Waals surface area contributed by atoms with Crippen LogP contribution in [0.4, 0.5) is 11.4 Å². The van der Waals surface area contributed by atoms with Crippen LogP contribution in [0.15, 0.2) is 53.4 Å². The lowest BCUT2D eigenvalue weighted by Crippen LogP contribution is -2.31. The molecule has 0 aliphatic carbocycles. The first-order valence-corrected chi connectivity index (χ1v) is 8.31. The Morgan fingerprint density at radius 1 is 1.05 bits per heavy atom. The zero-order valence-corrected chi connectivity index (χ0v) is 13.3. The molecule has 2 aromatic carbocycles. The summed E-state index contributed by atoms with van der Waals surface area (Å²) in [4.78, 5) is 0.287. The summed E-state index contributed by atoms with van der Waals surface area (Å²) >= 11 is 0. The van der Waals surface area contributed by atoms with Gasteiger partial charge < -0.3 is 5.32 Å². The number of rotatable bonds is 5. The first-order valence-electron chi connectivity index (χ1n) is 6.87. The molecule has 0 atom stereocenters. The SMILES string of the molecule is CCN(c1ccc(C)cc1)S(=O)(=O)c1ccccc1NC. The van der Waals surface area contributed by atoms with Gasteiger partial charge in [-0.15, -0.1) is 0 Å². The van der Waals surface area contributed by atoms with Crippen molar-refractivity contribution in [2.75, 3.05) is 23.2 Å². The van der Waals surface area contributed by atoms with E-state index in [9.17, 15) is 8.42 Å². The molecule has 112 valence electrons. The van der Waals surface area contributed by atoms with Gasteiger partial charge >= 0.3 is 0 Å². The maximum atomic E-state index is 12.9. The smallest absolute Gasteiger partial charge is 0.266 e. The summed E-state index contributed by atoms with van der Waals surface area (Å²) in [6.07, 6.45) is 0. The van der Waals surface area contributed by atoms with Gasteiger partial charge in [-0.1, -0.05) is 29.8 Å². The Balaban J connectivity index is 2.52. The van der Waals surface area contributed by atoms with E-state index in [1.54, 1.807) is 25.2 Å². The molecule has 0 bridgehead atoms. The highest BCUT2D eigenvalue weighted by Gasteiger charge is 2.25. The topological polar surface area (TPSA) is 49.4 Å². The van der Waals surface area contributed by atoms with Crippen molar-refractivity contribution < 1.29 is 8.42 Å². The molecule has 0 saturated carbocycles. The van der Waals surface area contributed by atoms with Gasteiger partial charge in [-0.2, -0.15) is 0 Å². The molecule has 1 N–H and O–H groups in total.